The average molecular weight is 534 g/mol. The number of benzene rings is 1. The minimum atomic E-state index is -0.830. The summed E-state index contributed by atoms with van der Waals surface area (Å²) < 4.78 is 17.4. The Morgan fingerprint density at radius 1 is 1.29 bits per heavy atom. The van der Waals surface area contributed by atoms with Crippen molar-refractivity contribution in [1.82, 2.24) is 29.1 Å². The number of rotatable bonds is 5. The summed E-state index contributed by atoms with van der Waals surface area (Å²) in [5.41, 5.74) is 0.362. The van der Waals surface area contributed by atoms with Crippen molar-refractivity contribution in [2.45, 2.75) is 39.2 Å². The summed E-state index contributed by atoms with van der Waals surface area (Å²) >= 11 is 6.39. The summed E-state index contributed by atoms with van der Waals surface area (Å²) in [5.74, 6) is 0.456. The Kier molecular flexibility index (Phi) is 5.60. The van der Waals surface area contributed by atoms with Crippen LogP contribution in [0, 0.1) is 11.7 Å². The van der Waals surface area contributed by atoms with Crippen LogP contribution in [-0.4, -0.2) is 41.5 Å². The molecule has 38 heavy (non-hydrogen) atoms. The third-order valence-electron chi connectivity index (χ3n) is 7.80. The van der Waals surface area contributed by atoms with E-state index < -0.39 is 16.9 Å². The van der Waals surface area contributed by atoms with Gasteiger partial charge in [-0.25, -0.2) is 18.9 Å². The summed E-state index contributed by atoms with van der Waals surface area (Å²) in [6, 6.07) is 7.51. The Morgan fingerprint density at radius 2 is 2.11 bits per heavy atom. The maximum Gasteiger partial charge on any atom is 0.284 e. The van der Waals surface area contributed by atoms with E-state index in [4.69, 9.17) is 16.7 Å². The van der Waals surface area contributed by atoms with Crippen LogP contribution in [0.2, 0.25) is 5.02 Å². The molecule has 1 aromatic carbocycles. The van der Waals surface area contributed by atoms with Crippen molar-refractivity contribution in [3.8, 4) is 5.69 Å². The standard InChI is InChI=1S/C27H25ClFN7O2/c1-4-27(15(2)8-10-34(27)24-21-19(16(3)37)13-30-23(21)31-14-32-24)26-33-35-11-9-20(28)22(35)25(38)36(26)18-7-5-6-17(29)12-18/h5-7,9,11-15H,4,8,10H2,1-3H3,(H,30,31,32)/t15?,27-/m0/s1. The van der Waals surface area contributed by atoms with E-state index in [1.54, 1.807) is 30.6 Å². The van der Waals surface area contributed by atoms with Crippen LogP contribution in [0.4, 0.5) is 10.2 Å². The van der Waals surface area contributed by atoms with Crippen LogP contribution in [-0.2, 0) is 5.54 Å². The van der Waals surface area contributed by atoms with Gasteiger partial charge < -0.3 is 9.88 Å². The predicted molar refractivity (Wildman–Crippen MR) is 143 cm³/mol. The molecule has 0 bridgehead atoms. The zero-order valence-electron chi connectivity index (χ0n) is 21.1. The third-order valence-corrected chi connectivity index (χ3v) is 8.10. The molecule has 1 aliphatic rings. The van der Waals surface area contributed by atoms with Gasteiger partial charge in [0.1, 0.15) is 34.7 Å². The highest BCUT2D eigenvalue weighted by molar-refractivity contribution is 6.33. The van der Waals surface area contributed by atoms with Crippen LogP contribution in [0.15, 0.2) is 53.8 Å². The number of ketones is 1. The van der Waals surface area contributed by atoms with E-state index in [2.05, 4.69) is 26.8 Å². The first-order chi connectivity index (χ1) is 18.3. The lowest BCUT2D eigenvalue weighted by molar-refractivity contribution is 0.101. The molecule has 5 heterocycles. The van der Waals surface area contributed by atoms with E-state index in [9.17, 15) is 14.0 Å². The Morgan fingerprint density at radius 3 is 2.84 bits per heavy atom. The van der Waals surface area contributed by atoms with Gasteiger partial charge in [-0.05, 0) is 49.9 Å². The van der Waals surface area contributed by atoms with Crippen molar-refractivity contribution in [3.05, 3.63) is 81.6 Å². The molecule has 194 valence electrons. The van der Waals surface area contributed by atoms with Crippen molar-refractivity contribution in [1.29, 1.82) is 0 Å². The summed E-state index contributed by atoms with van der Waals surface area (Å²) in [6.45, 7) is 6.25. The molecule has 0 saturated carbocycles. The van der Waals surface area contributed by atoms with E-state index in [1.165, 1.54) is 34.5 Å². The fourth-order valence-electron chi connectivity index (χ4n) is 5.96. The number of carbonyl (C=O) groups is 1. The molecule has 1 N–H and O–H groups in total. The van der Waals surface area contributed by atoms with E-state index in [0.29, 0.717) is 46.9 Å². The van der Waals surface area contributed by atoms with Crippen LogP contribution < -0.4 is 10.5 Å². The number of hydrogen-bond acceptors (Lipinski definition) is 6. The first-order valence-corrected chi connectivity index (χ1v) is 12.8. The molecule has 2 atom stereocenters. The Labute approximate surface area is 221 Å². The van der Waals surface area contributed by atoms with E-state index in [-0.39, 0.29) is 22.2 Å². The molecule has 5 aromatic rings. The molecule has 0 aliphatic carbocycles. The van der Waals surface area contributed by atoms with Crippen LogP contribution in [0.1, 0.15) is 49.8 Å². The number of nitrogens with zero attached hydrogens (tertiary/aromatic N) is 6. The van der Waals surface area contributed by atoms with Gasteiger partial charge >= 0.3 is 0 Å². The highest BCUT2D eigenvalue weighted by Crippen LogP contribution is 2.48. The Bertz CT molecular complexity index is 1790. The summed E-state index contributed by atoms with van der Waals surface area (Å²) in [7, 11) is 0. The fourth-order valence-corrected chi connectivity index (χ4v) is 6.18. The number of hydrogen-bond donors (Lipinski definition) is 1. The minimum absolute atomic E-state index is 0.0208. The summed E-state index contributed by atoms with van der Waals surface area (Å²) in [5, 5.41) is 5.84. The van der Waals surface area contributed by atoms with Crippen LogP contribution >= 0.6 is 11.6 Å². The van der Waals surface area contributed by atoms with Gasteiger partial charge in [-0.1, -0.05) is 31.5 Å². The van der Waals surface area contributed by atoms with E-state index in [0.717, 1.165) is 6.42 Å². The second-order valence-corrected chi connectivity index (χ2v) is 10.1. The normalized spacial score (nSPS) is 19.6. The molecule has 9 nitrogen and oxygen atoms in total. The van der Waals surface area contributed by atoms with Crippen LogP contribution in [0.25, 0.3) is 22.2 Å². The molecule has 1 saturated heterocycles. The smallest absolute Gasteiger partial charge is 0.284 e. The molecular formula is C27H25ClFN7O2. The average Bonchev–Trinajstić information content (AvgIpc) is 3.59. The molecule has 1 unspecified atom stereocenters. The first-order valence-electron chi connectivity index (χ1n) is 12.4. The first kappa shape index (κ1) is 24.3. The van der Waals surface area contributed by atoms with Gasteiger partial charge in [-0.2, -0.15) is 5.10 Å². The molecule has 11 heteroatoms. The maximum absolute atomic E-state index is 14.5. The molecule has 0 spiro atoms. The van der Waals surface area contributed by atoms with E-state index >= 15 is 0 Å². The van der Waals surface area contributed by atoms with Gasteiger partial charge in [-0.15, -0.1) is 0 Å². The number of aromatic amines is 1. The minimum Gasteiger partial charge on any atom is -0.345 e. The molecule has 6 rings (SSSR count). The second-order valence-electron chi connectivity index (χ2n) is 9.70. The zero-order valence-corrected chi connectivity index (χ0v) is 21.8. The lowest BCUT2D eigenvalue weighted by Gasteiger charge is -2.42. The molecule has 0 radical (unpaired) electrons. The number of anilines is 1. The monoisotopic (exact) mass is 533 g/mol. The van der Waals surface area contributed by atoms with Gasteiger partial charge in [-0.3, -0.25) is 14.2 Å². The SMILES string of the molecule is CC[C@@]1(c2nn3ccc(Cl)c3c(=O)n2-c2cccc(F)c2)C(C)CCN1c1ncnc2[nH]cc(C(C)=O)c12. The lowest BCUT2D eigenvalue weighted by Crippen LogP contribution is -2.49. The third kappa shape index (κ3) is 3.32. The van der Waals surface area contributed by atoms with Crippen LogP contribution in [0.3, 0.4) is 0 Å². The molecule has 1 fully saturated rings. The van der Waals surface area contributed by atoms with Crippen molar-refractivity contribution in [2.75, 3.05) is 11.4 Å². The van der Waals surface area contributed by atoms with Crippen molar-refractivity contribution in [2.24, 2.45) is 5.92 Å². The largest absolute Gasteiger partial charge is 0.345 e. The topological polar surface area (TPSA) is 101 Å². The van der Waals surface area contributed by atoms with Gasteiger partial charge in [0.05, 0.1) is 16.1 Å². The highest BCUT2D eigenvalue weighted by atomic mass is 35.5. The number of halogens is 2. The van der Waals surface area contributed by atoms with Crippen LogP contribution in [0.5, 0.6) is 0 Å². The second kappa shape index (κ2) is 8.76. The van der Waals surface area contributed by atoms with Crippen molar-refractivity contribution < 1.29 is 9.18 Å². The molecule has 4 aromatic heterocycles. The zero-order chi connectivity index (χ0) is 26.8. The Hall–Kier alpha value is -4.05. The Balaban J connectivity index is 1.71. The number of nitrogens with one attached hydrogen (secondary N) is 1. The molecule has 1 aliphatic heterocycles. The number of fused-ring (bicyclic) bond motifs is 2. The van der Waals surface area contributed by atoms with E-state index in [1.807, 2.05) is 6.92 Å². The number of carbonyl (C=O) groups excluding carboxylic acids is 1. The van der Waals surface area contributed by atoms with Gasteiger partial charge in [0, 0.05) is 24.5 Å². The van der Waals surface area contributed by atoms with Crippen molar-refractivity contribution >= 4 is 39.8 Å². The van der Waals surface area contributed by atoms with Gasteiger partial charge in [0.25, 0.3) is 5.56 Å². The summed E-state index contributed by atoms with van der Waals surface area (Å²) in [6.07, 6.45) is 6.09. The van der Waals surface area contributed by atoms with Gasteiger partial charge in [0.15, 0.2) is 11.6 Å². The van der Waals surface area contributed by atoms with Crippen molar-refractivity contribution in [3.63, 3.8) is 0 Å². The predicted octanol–water partition coefficient (Wildman–Crippen LogP) is 4.90. The molecule has 0 amide bonds. The number of H-pyrrole nitrogens is 1. The quantitative estimate of drug-likeness (QED) is 0.322. The summed E-state index contributed by atoms with van der Waals surface area (Å²) in [4.78, 5) is 40.7. The molecular weight excluding hydrogens is 509 g/mol. The highest BCUT2D eigenvalue weighted by Gasteiger charge is 2.51. The maximum atomic E-state index is 14.5. The lowest BCUT2D eigenvalue weighted by atomic mass is 9.82. The number of Topliss-reactive ketones (excluding diaryl/α,β-unsaturated/α-hetero) is 1. The number of aromatic nitrogens is 6. The fraction of sp³-hybridized carbons (Fsp3) is 0.296. The van der Waals surface area contributed by atoms with Gasteiger partial charge in [0.2, 0.25) is 0 Å².